The predicted octanol–water partition coefficient (Wildman–Crippen LogP) is 3.15. The summed E-state index contributed by atoms with van der Waals surface area (Å²) < 4.78 is 5.70. The number of carbonyl (C=O) groups excluding carboxylic acids is 2. The normalized spacial score (nSPS) is 11.1. The van der Waals surface area contributed by atoms with E-state index in [0.717, 1.165) is 5.69 Å². The Morgan fingerprint density at radius 3 is 2.42 bits per heavy atom. The number of aromatic nitrogens is 1. The summed E-state index contributed by atoms with van der Waals surface area (Å²) in [6.45, 7) is 7.26. The summed E-state index contributed by atoms with van der Waals surface area (Å²) in [5.41, 5.74) is 0.0178. The third-order valence-electron chi connectivity index (χ3n) is 3.79. The van der Waals surface area contributed by atoms with Crippen LogP contribution in [-0.4, -0.2) is 22.9 Å². The molecule has 0 aliphatic rings. The van der Waals surface area contributed by atoms with Crippen LogP contribution < -0.4 is 15.4 Å². The minimum Gasteiger partial charge on any atom is -0.489 e. The molecule has 0 bridgehead atoms. The van der Waals surface area contributed by atoms with Crippen LogP contribution in [0.1, 0.15) is 33.4 Å². The lowest BCUT2D eigenvalue weighted by molar-refractivity contribution is -0.138. The molecule has 6 heteroatoms. The lowest BCUT2D eigenvalue weighted by Gasteiger charge is -2.23. The summed E-state index contributed by atoms with van der Waals surface area (Å²) in [7, 11) is 0. The maximum Gasteiger partial charge on any atom is 0.239 e. The number of ether oxygens (including phenoxy) is 1. The summed E-state index contributed by atoms with van der Waals surface area (Å²) in [4.78, 5) is 29.3. The number of hydrogen-bond donors (Lipinski definition) is 2. The molecule has 0 radical (unpaired) electrons. The summed E-state index contributed by atoms with van der Waals surface area (Å²) in [5, 5.41) is 5.55. The van der Waals surface area contributed by atoms with Gasteiger partial charge in [-0.3, -0.25) is 14.6 Å². The van der Waals surface area contributed by atoms with E-state index in [9.17, 15) is 9.59 Å². The number of rotatable bonds is 7. The van der Waals surface area contributed by atoms with Crippen LogP contribution in [0, 0.1) is 5.41 Å². The molecular weight excluding hydrogens is 330 g/mol. The summed E-state index contributed by atoms with van der Waals surface area (Å²) in [6.07, 6.45) is 1.63. The van der Waals surface area contributed by atoms with Crippen molar-refractivity contribution >= 4 is 17.5 Å². The molecule has 0 aliphatic carbocycles. The Labute approximate surface area is 154 Å². The molecule has 2 amide bonds. The summed E-state index contributed by atoms with van der Waals surface area (Å²) in [6, 6.07) is 12.6. The molecule has 0 fully saturated rings. The number of hydrogen-bond acceptors (Lipinski definition) is 4. The first kappa shape index (κ1) is 19.4. The Morgan fingerprint density at radius 2 is 1.77 bits per heavy atom. The van der Waals surface area contributed by atoms with Crippen molar-refractivity contribution in [2.24, 2.45) is 5.41 Å². The Bertz CT molecular complexity index is 758. The number of pyridine rings is 1. The minimum absolute atomic E-state index is 0.0252. The highest BCUT2D eigenvalue weighted by atomic mass is 16.5. The molecule has 0 spiro atoms. The van der Waals surface area contributed by atoms with Crippen molar-refractivity contribution in [3.63, 3.8) is 0 Å². The number of nitrogens with one attached hydrogen (secondary N) is 2. The second-order valence-corrected chi connectivity index (χ2v) is 6.75. The molecule has 0 saturated carbocycles. The van der Waals surface area contributed by atoms with Crippen molar-refractivity contribution < 1.29 is 14.3 Å². The zero-order chi connectivity index (χ0) is 19.2. The Morgan fingerprint density at radius 1 is 1.08 bits per heavy atom. The minimum atomic E-state index is -1.25. The van der Waals surface area contributed by atoms with E-state index in [-0.39, 0.29) is 18.6 Å². The van der Waals surface area contributed by atoms with Gasteiger partial charge >= 0.3 is 0 Å². The third-order valence-corrected chi connectivity index (χ3v) is 3.79. The van der Waals surface area contributed by atoms with E-state index in [1.165, 1.54) is 0 Å². The lowest BCUT2D eigenvalue weighted by atomic mass is 9.91. The van der Waals surface area contributed by atoms with Crippen molar-refractivity contribution in [1.82, 2.24) is 10.3 Å². The SMILES string of the molecule is CC(C)Oc1ccccc1NC(=O)C(C)(C)C(=O)NCc1ccccn1. The van der Waals surface area contributed by atoms with Gasteiger partial charge in [-0.15, -0.1) is 0 Å². The van der Waals surface area contributed by atoms with E-state index >= 15 is 0 Å². The molecule has 6 nitrogen and oxygen atoms in total. The summed E-state index contributed by atoms with van der Waals surface area (Å²) >= 11 is 0. The zero-order valence-electron chi connectivity index (χ0n) is 15.6. The van der Waals surface area contributed by atoms with E-state index in [0.29, 0.717) is 11.4 Å². The maximum atomic E-state index is 12.7. The third kappa shape index (κ3) is 5.05. The van der Waals surface area contributed by atoms with Gasteiger partial charge in [-0.25, -0.2) is 0 Å². The molecular formula is C20H25N3O3. The molecule has 26 heavy (non-hydrogen) atoms. The topological polar surface area (TPSA) is 80.3 Å². The molecule has 138 valence electrons. The van der Waals surface area contributed by atoms with E-state index in [1.54, 1.807) is 44.3 Å². The van der Waals surface area contributed by atoms with Crippen LogP contribution >= 0.6 is 0 Å². The van der Waals surface area contributed by atoms with Crippen LogP contribution in [0.5, 0.6) is 5.75 Å². The summed E-state index contributed by atoms with van der Waals surface area (Å²) in [5.74, 6) is -0.209. The standard InChI is InChI=1S/C20H25N3O3/c1-14(2)26-17-11-6-5-10-16(17)23-19(25)20(3,4)18(24)22-13-15-9-7-8-12-21-15/h5-12,14H,13H2,1-4H3,(H,22,24)(H,23,25). The first-order chi connectivity index (χ1) is 12.3. The van der Waals surface area contributed by atoms with Crippen molar-refractivity contribution in [3.8, 4) is 5.75 Å². The van der Waals surface area contributed by atoms with Crippen LogP contribution in [0.4, 0.5) is 5.69 Å². The largest absolute Gasteiger partial charge is 0.489 e. The van der Waals surface area contributed by atoms with Crippen molar-refractivity contribution in [2.75, 3.05) is 5.32 Å². The van der Waals surface area contributed by atoms with Crippen LogP contribution in [0.25, 0.3) is 0 Å². The van der Waals surface area contributed by atoms with Gasteiger partial charge in [0, 0.05) is 6.20 Å². The average Bonchev–Trinajstić information content (AvgIpc) is 2.61. The molecule has 0 aliphatic heterocycles. The van der Waals surface area contributed by atoms with Crippen LogP contribution in [0.2, 0.25) is 0 Å². The fourth-order valence-electron chi connectivity index (χ4n) is 2.20. The highest BCUT2D eigenvalue weighted by Crippen LogP contribution is 2.27. The zero-order valence-corrected chi connectivity index (χ0v) is 15.6. The molecule has 0 unspecified atom stereocenters. The van der Waals surface area contributed by atoms with Gasteiger partial charge in [-0.1, -0.05) is 18.2 Å². The van der Waals surface area contributed by atoms with E-state index in [2.05, 4.69) is 15.6 Å². The van der Waals surface area contributed by atoms with Gasteiger partial charge in [-0.05, 0) is 52.0 Å². The number of para-hydroxylation sites is 2. The number of carbonyl (C=O) groups is 2. The second-order valence-electron chi connectivity index (χ2n) is 6.75. The molecule has 1 aromatic heterocycles. The first-order valence-corrected chi connectivity index (χ1v) is 8.56. The van der Waals surface area contributed by atoms with Gasteiger partial charge in [0.15, 0.2) is 0 Å². The maximum absolute atomic E-state index is 12.7. The van der Waals surface area contributed by atoms with Gasteiger partial charge in [0.25, 0.3) is 0 Å². The van der Waals surface area contributed by atoms with E-state index in [4.69, 9.17) is 4.74 Å². The molecule has 2 rings (SSSR count). The number of anilines is 1. The van der Waals surface area contributed by atoms with Gasteiger partial charge in [0.2, 0.25) is 11.8 Å². The van der Waals surface area contributed by atoms with Crippen LogP contribution in [-0.2, 0) is 16.1 Å². The number of amides is 2. The molecule has 2 aromatic rings. The smallest absolute Gasteiger partial charge is 0.239 e. The predicted molar refractivity (Wildman–Crippen MR) is 101 cm³/mol. The van der Waals surface area contributed by atoms with Gasteiger partial charge in [-0.2, -0.15) is 0 Å². The quantitative estimate of drug-likeness (QED) is 0.748. The lowest BCUT2D eigenvalue weighted by Crippen LogP contribution is -2.45. The molecule has 0 atom stereocenters. The van der Waals surface area contributed by atoms with Crippen molar-refractivity contribution in [2.45, 2.75) is 40.3 Å². The van der Waals surface area contributed by atoms with E-state index < -0.39 is 11.3 Å². The number of benzene rings is 1. The Balaban J connectivity index is 2.04. The van der Waals surface area contributed by atoms with Crippen molar-refractivity contribution in [3.05, 3.63) is 54.4 Å². The van der Waals surface area contributed by atoms with Crippen molar-refractivity contribution in [1.29, 1.82) is 0 Å². The molecule has 1 aromatic carbocycles. The highest BCUT2D eigenvalue weighted by Gasteiger charge is 2.36. The Hall–Kier alpha value is -2.89. The first-order valence-electron chi connectivity index (χ1n) is 8.56. The second kappa shape index (κ2) is 8.47. The van der Waals surface area contributed by atoms with Gasteiger partial charge in [0.05, 0.1) is 24.0 Å². The highest BCUT2D eigenvalue weighted by molar-refractivity contribution is 6.10. The fraction of sp³-hybridized carbons (Fsp3) is 0.350. The molecule has 0 saturated heterocycles. The van der Waals surface area contributed by atoms with E-state index in [1.807, 2.05) is 32.0 Å². The monoisotopic (exact) mass is 355 g/mol. The van der Waals surface area contributed by atoms with Crippen LogP contribution in [0.3, 0.4) is 0 Å². The van der Waals surface area contributed by atoms with Gasteiger partial charge < -0.3 is 15.4 Å². The molecule has 2 N–H and O–H groups in total. The fourth-order valence-corrected chi connectivity index (χ4v) is 2.20. The average molecular weight is 355 g/mol. The number of nitrogens with zero attached hydrogens (tertiary/aromatic N) is 1. The van der Waals surface area contributed by atoms with Crippen LogP contribution in [0.15, 0.2) is 48.7 Å². The Kier molecular flexibility index (Phi) is 6.33. The molecule has 1 heterocycles. The van der Waals surface area contributed by atoms with Gasteiger partial charge in [0.1, 0.15) is 11.2 Å².